The van der Waals surface area contributed by atoms with Crippen LogP contribution in [-0.2, 0) is 9.84 Å². The van der Waals surface area contributed by atoms with Gasteiger partial charge in [-0.05, 0) is 53.4 Å². The van der Waals surface area contributed by atoms with Crippen LogP contribution < -0.4 is 0 Å². The molecule has 1 aliphatic rings. The number of halogens is 1. The lowest BCUT2D eigenvalue weighted by Crippen LogP contribution is -2.08. The minimum absolute atomic E-state index is 0.207. The highest BCUT2D eigenvalue weighted by Gasteiger charge is 2.37. The van der Waals surface area contributed by atoms with E-state index in [9.17, 15) is 13.5 Å². The molecule has 3 nitrogen and oxygen atoms in total. The Morgan fingerprint density at radius 2 is 2.06 bits per heavy atom. The van der Waals surface area contributed by atoms with E-state index in [1.807, 2.05) is 0 Å². The molecule has 0 spiro atoms. The molecule has 0 radical (unpaired) electrons. The Morgan fingerprint density at radius 3 is 2.50 bits per heavy atom. The summed E-state index contributed by atoms with van der Waals surface area (Å²) in [6, 6.07) is 4.89. The van der Waals surface area contributed by atoms with E-state index in [1.54, 1.807) is 25.1 Å². The molecule has 2 rings (SSSR count). The molecule has 1 saturated carbocycles. The van der Waals surface area contributed by atoms with Crippen LogP contribution in [-0.4, -0.2) is 18.8 Å². The molecular formula is C11H13BrO3S. The van der Waals surface area contributed by atoms with Gasteiger partial charge in [-0.2, -0.15) is 0 Å². The zero-order chi connectivity index (χ0) is 11.9. The Hall–Kier alpha value is -0.390. The molecule has 1 atom stereocenters. The third-order valence-corrected chi connectivity index (χ3v) is 5.94. The highest BCUT2D eigenvalue weighted by atomic mass is 79.9. The number of aliphatic hydroxyl groups is 1. The SMILES string of the molecule is CC(O)c1ccc(S(=O)(=O)C2CC2)c(Br)c1. The second-order valence-corrected chi connectivity index (χ2v) is 7.16. The first-order chi connectivity index (χ1) is 7.43. The molecule has 1 unspecified atom stereocenters. The summed E-state index contributed by atoms with van der Waals surface area (Å²) in [6.07, 6.45) is 0.925. The molecule has 0 aliphatic heterocycles. The van der Waals surface area contributed by atoms with Gasteiger partial charge in [0.15, 0.2) is 9.84 Å². The standard InChI is InChI=1S/C11H13BrO3S/c1-7(13)8-2-5-11(10(12)6-8)16(14,15)9-3-4-9/h2,5-7,9,13H,3-4H2,1H3. The zero-order valence-electron chi connectivity index (χ0n) is 8.85. The predicted octanol–water partition coefficient (Wildman–Crippen LogP) is 2.44. The van der Waals surface area contributed by atoms with E-state index in [2.05, 4.69) is 15.9 Å². The van der Waals surface area contributed by atoms with Crippen LogP contribution in [0.4, 0.5) is 0 Å². The van der Waals surface area contributed by atoms with Crippen LogP contribution in [0.25, 0.3) is 0 Å². The first-order valence-electron chi connectivity index (χ1n) is 5.14. The van der Waals surface area contributed by atoms with Gasteiger partial charge in [0.2, 0.25) is 0 Å². The van der Waals surface area contributed by atoms with Crippen LogP contribution in [0.2, 0.25) is 0 Å². The Kier molecular flexibility index (Phi) is 3.11. The summed E-state index contributed by atoms with van der Waals surface area (Å²) in [5.74, 6) is 0. The minimum atomic E-state index is -3.17. The maximum atomic E-state index is 12.0. The van der Waals surface area contributed by atoms with Crippen molar-refractivity contribution in [3.05, 3.63) is 28.2 Å². The topological polar surface area (TPSA) is 54.4 Å². The second kappa shape index (κ2) is 4.13. The molecule has 16 heavy (non-hydrogen) atoms. The average Bonchev–Trinajstić information content (AvgIpc) is 2.99. The van der Waals surface area contributed by atoms with Crippen LogP contribution in [0.1, 0.15) is 31.4 Å². The summed E-state index contributed by atoms with van der Waals surface area (Å²) in [5, 5.41) is 9.19. The van der Waals surface area contributed by atoms with Crippen LogP contribution >= 0.6 is 15.9 Å². The van der Waals surface area contributed by atoms with Gasteiger partial charge in [-0.1, -0.05) is 6.07 Å². The van der Waals surface area contributed by atoms with Crippen molar-refractivity contribution in [2.45, 2.75) is 36.0 Å². The molecular weight excluding hydrogens is 292 g/mol. The van der Waals surface area contributed by atoms with E-state index in [0.29, 0.717) is 14.9 Å². The summed E-state index contributed by atoms with van der Waals surface area (Å²) in [5.41, 5.74) is 0.710. The molecule has 0 bridgehead atoms. The predicted molar refractivity (Wildman–Crippen MR) is 65.0 cm³/mol. The van der Waals surface area contributed by atoms with Gasteiger partial charge >= 0.3 is 0 Å². The van der Waals surface area contributed by atoms with E-state index in [4.69, 9.17) is 0 Å². The third kappa shape index (κ3) is 2.17. The molecule has 1 N–H and O–H groups in total. The highest BCUT2D eigenvalue weighted by molar-refractivity contribution is 9.10. The van der Waals surface area contributed by atoms with E-state index in [0.717, 1.165) is 12.8 Å². The van der Waals surface area contributed by atoms with Crippen molar-refractivity contribution >= 4 is 25.8 Å². The van der Waals surface area contributed by atoms with Crippen molar-refractivity contribution in [2.24, 2.45) is 0 Å². The van der Waals surface area contributed by atoms with Crippen LogP contribution in [0.3, 0.4) is 0 Å². The molecule has 1 fully saturated rings. The Labute approximate surface area is 104 Å². The molecule has 5 heteroatoms. The van der Waals surface area contributed by atoms with Gasteiger partial charge in [-0.3, -0.25) is 0 Å². The lowest BCUT2D eigenvalue weighted by Gasteiger charge is -2.09. The number of hydrogen-bond donors (Lipinski definition) is 1. The molecule has 0 heterocycles. The lowest BCUT2D eigenvalue weighted by molar-refractivity contribution is 0.199. The molecule has 1 aromatic carbocycles. The van der Waals surface area contributed by atoms with Gasteiger partial charge in [0.05, 0.1) is 16.2 Å². The van der Waals surface area contributed by atoms with Crippen molar-refractivity contribution in [3.63, 3.8) is 0 Å². The fourth-order valence-corrected chi connectivity index (χ4v) is 4.34. The quantitative estimate of drug-likeness (QED) is 0.933. The lowest BCUT2D eigenvalue weighted by atomic mass is 10.1. The smallest absolute Gasteiger partial charge is 0.182 e. The van der Waals surface area contributed by atoms with Crippen LogP contribution in [0.15, 0.2) is 27.6 Å². The maximum absolute atomic E-state index is 12.0. The first-order valence-corrected chi connectivity index (χ1v) is 7.48. The van der Waals surface area contributed by atoms with E-state index in [1.165, 1.54) is 0 Å². The van der Waals surface area contributed by atoms with Crippen molar-refractivity contribution in [1.82, 2.24) is 0 Å². The van der Waals surface area contributed by atoms with Gasteiger partial charge in [-0.25, -0.2) is 8.42 Å². The number of hydrogen-bond acceptors (Lipinski definition) is 3. The van der Waals surface area contributed by atoms with Crippen molar-refractivity contribution in [2.75, 3.05) is 0 Å². The summed E-state index contributed by atoms with van der Waals surface area (Å²) < 4.78 is 24.5. The van der Waals surface area contributed by atoms with Gasteiger partial charge in [-0.15, -0.1) is 0 Å². The Bertz CT molecular complexity index is 504. The molecule has 0 saturated heterocycles. The van der Waals surface area contributed by atoms with Crippen molar-refractivity contribution in [1.29, 1.82) is 0 Å². The fourth-order valence-electron chi connectivity index (χ4n) is 1.57. The molecule has 1 aromatic rings. The summed E-state index contributed by atoms with van der Waals surface area (Å²) in [4.78, 5) is 0.333. The molecule has 1 aliphatic carbocycles. The Balaban J connectivity index is 2.43. The maximum Gasteiger partial charge on any atom is 0.182 e. The third-order valence-electron chi connectivity index (χ3n) is 2.71. The molecule has 88 valence electrons. The number of sulfone groups is 1. The van der Waals surface area contributed by atoms with Crippen molar-refractivity contribution < 1.29 is 13.5 Å². The monoisotopic (exact) mass is 304 g/mol. The Morgan fingerprint density at radius 1 is 1.44 bits per heavy atom. The van der Waals surface area contributed by atoms with Crippen LogP contribution in [0.5, 0.6) is 0 Å². The molecule has 0 aromatic heterocycles. The second-order valence-electron chi connectivity index (χ2n) is 4.11. The van der Waals surface area contributed by atoms with Crippen molar-refractivity contribution in [3.8, 4) is 0 Å². The minimum Gasteiger partial charge on any atom is -0.389 e. The van der Waals surface area contributed by atoms with E-state index in [-0.39, 0.29) is 5.25 Å². The van der Waals surface area contributed by atoms with E-state index < -0.39 is 15.9 Å². The number of aliphatic hydroxyl groups excluding tert-OH is 1. The van der Waals surface area contributed by atoms with Gasteiger partial charge in [0.25, 0.3) is 0 Å². The number of benzene rings is 1. The largest absolute Gasteiger partial charge is 0.389 e. The zero-order valence-corrected chi connectivity index (χ0v) is 11.3. The van der Waals surface area contributed by atoms with Gasteiger partial charge in [0, 0.05) is 4.47 Å². The van der Waals surface area contributed by atoms with Gasteiger partial charge < -0.3 is 5.11 Å². The average molecular weight is 305 g/mol. The summed E-state index contributed by atoms with van der Waals surface area (Å²) in [7, 11) is -3.17. The van der Waals surface area contributed by atoms with E-state index >= 15 is 0 Å². The normalized spacial score (nSPS) is 18.4. The number of rotatable bonds is 3. The fraction of sp³-hybridized carbons (Fsp3) is 0.455. The highest BCUT2D eigenvalue weighted by Crippen LogP contribution is 2.37. The first kappa shape index (κ1) is 12.1. The van der Waals surface area contributed by atoms with Crippen LogP contribution in [0, 0.1) is 0 Å². The molecule has 0 amide bonds. The summed E-state index contributed by atoms with van der Waals surface area (Å²) in [6.45, 7) is 1.65. The van der Waals surface area contributed by atoms with Gasteiger partial charge in [0.1, 0.15) is 0 Å². The summed E-state index contributed by atoms with van der Waals surface area (Å²) >= 11 is 3.26.